The molecule has 7 nitrogen and oxygen atoms in total. The molecule has 35 heavy (non-hydrogen) atoms. The van der Waals surface area contributed by atoms with Crippen LogP contribution in [-0.4, -0.2) is 47.1 Å². The van der Waals surface area contributed by atoms with Crippen molar-refractivity contribution in [2.24, 2.45) is 0 Å². The zero-order chi connectivity index (χ0) is 24.5. The highest BCUT2D eigenvalue weighted by atomic mass is 16.5. The number of anilines is 3. The average Bonchev–Trinajstić information content (AvgIpc) is 2.88. The molecule has 0 bridgehead atoms. The molecule has 7 heteroatoms. The summed E-state index contributed by atoms with van der Waals surface area (Å²) in [6, 6.07) is 13.6. The van der Waals surface area contributed by atoms with Crippen LogP contribution in [0.4, 0.5) is 17.3 Å². The zero-order valence-corrected chi connectivity index (χ0v) is 20.7. The first-order valence-corrected chi connectivity index (χ1v) is 12.5. The molecule has 1 aromatic heterocycles. The third-order valence-corrected chi connectivity index (χ3v) is 6.24. The molecule has 1 fully saturated rings. The molecule has 1 amide bonds. The van der Waals surface area contributed by atoms with Gasteiger partial charge in [-0.05, 0) is 66.8 Å². The molecule has 0 saturated carbocycles. The van der Waals surface area contributed by atoms with E-state index in [0.29, 0.717) is 11.5 Å². The predicted molar refractivity (Wildman–Crippen MR) is 140 cm³/mol. The molecule has 2 N–H and O–H groups in total. The number of morpholine rings is 1. The second-order valence-corrected chi connectivity index (χ2v) is 9.07. The quantitative estimate of drug-likeness (QED) is 0.387. The summed E-state index contributed by atoms with van der Waals surface area (Å²) in [7, 11) is 0. The van der Waals surface area contributed by atoms with Crippen LogP contribution < -0.4 is 10.6 Å². The van der Waals surface area contributed by atoms with Crippen LogP contribution in [0.25, 0.3) is 0 Å². The highest BCUT2D eigenvalue weighted by Crippen LogP contribution is 2.21. The minimum Gasteiger partial charge on any atom is -0.379 e. The van der Waals surface area contributed by atoms with Crippen molar-refractivity contribution < 1.29 is 9.53 Å². The Morgan fingerprint density at radius 2 is 1.74 bits per heavy atom. The van der Waals surface area contributed by atoms with Gasteiger partial charge < -0.3 is 15.4 Å². The topological polar surface area (TPSA) is 79.4 Å². The number of nitrogens with one attached hydrogen (secondary N) is 2. The highest BCUT2D eigenvalue weighted by molar-refractivity contribution is 6.04. The van der Waals surface area contributed by atoms with Crippen LogP contribution in [0.2, 0.25) is 0 Å². The Morgan fingerprint density at radius 3 is 2.46 bits per heavy atom. The molecule has 3 aromatic rings. The lowest BCUT2D eigenvalue weighted by atomic mass is 10.1. The number of carbonyl (C=O) groups is 1. The summed E-state index contributed by atoms with van der Waals surface area (Å²) in [5.41, 5.74) is 5.65. The SMILES string of the molecule is CCCCCc1cnc(Nc2ccc(C(=O)Nc3cc(CN4CCOCC4)ccc3C)cc2)nc1. The van der Waals surface area contributed by atoms with E-state index in [2.05, 4.69) is 50.6 Å². The second kappa shape index (κ2) is 12.4. The van der Waals surface area contributed by atoms with E-state index in [0.717, 1.165) is 68.2 Å². The normalized spacial score (nSPS) is 14.0. The number of carbonyl (C=O) groups excluding carboxylic acids is 1. The van der Waals surface area contributed by atoms with Crippen molar-refractivity contribution in [1.82, 2.24) is 14.9 Å². The first-order chi connectivity index (χ1) is 17.1. The molecule has 0 spiro atoms. The molecule has 0 aliphatic carbocycles. The fraction of sp³-hybridized carbons (Fsp3) is 0.393. The van der Waals surface area contributed by atoms with Gasteiger partial charge in [0.05, 0.1) is 13.2 Å². The van der Waals surface area contributed by atoms with E-state index in [-0.39, 0.29) is 5.91 Å². The summed E-state index contributed by atoms with van der Waals surface area (Å²) in [4.78, 5) is 24.1. The number of amides is 1. The Balaban J connectivity index is 1.33. The third-order valence-electron chi connectivity index (χ3n) is 6.24. The lowest BCUT2D eigenvalue weighted by molar-refractivity contribution is 0.0342. The summed E-state index contributed by atoms with van der Waals surface area (Å²) in [5.74, 6) is 0.421. The maximum Gasteiger partial charge on any atom is 0.255 e. The van der Waals surface area contributed by atoms with E-state index in [1.807, 2.05) is 43.6 Å². The maximum absolute atomic E-state index is 12.9. The van der Waals surface area contributed by atoms with Gasteiger partial charge >= 0.3 is 0 Å². The largest absolute Gasteiger partial charge is 0.379 e. The number of nitrogens with zero attached hydrogens (tertiary/aromatic N) is 3. The smallest absolute Gasteiger partial charge is 0.255 e. The molecule has 0 unspecified atom stereocenters. The summed E-state index contributed by atoms with van der Waals surface area (Å²) >= 11 is 0. The van der Waals surface area contributed by atoms with Crippen molar-refractivity contribution >= 4 is 23.2 Å². The molecular formula is C28H35N5O2. The number of aryl methyl sites for hydroxylation is 2. The van der Waals surface area contributed by atoms with Crippen LogP contribution in [-0.2, 0) is 17.7 Å². The minimum atomic E-state index is -0.129. The number of aromatic nitrogens is 2. The molecule has 2 aromatic carbocycles. The van der Waals surface area contributed by atoms with Crippen molar-refractivity contribution in [3.8, 4) is 0 Å². The van der Waals surface area contributed by atoms with Crippen LogP contribution >= 0.6 is 0 Å². The fourth-order valence-corrected chi connectivity index (χ4v) is 4.08. The molecule has 0 radical (unpaired) electrons. The summed E-state index contributed by atoms with van der Waals surface area (Å²) in [6.07, 6.45) is 8.35. The van der Waals surface area contributed by atoms with Gasteiger partial charge in [0.25, 0.3) is 5.91 Å². The van der Waals surface area contributed by atoms with Gasteiger partial charge in [0.1, 0.15) is 0 Å². The summed E-state index contributed by atoms with van der Waals surface area (Å²) in [6.45, 7) is 8.48. The molecular weight excluding hydrogens is 438 g/mol. The van der Waals surface area contributed by atoms with E-state index < -0.39 is 0 Å². The molecule has 4 rings (SSSR count). The van der Waals surface area contributed by atoms with Gasteiger partial charge in [-0.3, -0.25) is 9.69 Å². The first kappa shape index (κ1) is 24.8. The number of hydrogen-bond donors (Lipinski definition) is 2. The van der Waals surface area contributed by atoms with E-state index in [4.69, 9.17) is 4.74 Å². The van der Waals surface area contributed by atoms with Crippen LogP contribution in [0, 0.1) is 6.92 Å². The molecule has 1 aliphatic heterocycles. The monoisotopic (exact) mass is 473 g/mol. The third kappa shape index (κ3) is 7.34. The highest BCUT2D eigenvalue weighted by Gasteiger charge is 2.13. The Labute approximate surface area is 207 Å². The van der Waals surface area contributed by atoms with Gasteiger partial charge in [-0.1, -0.05) is 31.9 Å². The molecule has 0 atom stereocenters. The maximum atomic E-state index is 12.9. The fourth-order valence-electron chi connectivity index (χ4n) is 4.08. The van der Waals surface area contributed by atoms with Crippen LogP contribution in [0.15, 0.2) is 54.9 Å². The van der Waals surface area contributed by atoms with Crippen molar-refractivity contribution in [2.75, 3.05) is 36.9 Å². The van der Waals surface area contributed by atoms with Gasteiger partial charge in [-0.25, -0.2) is 9.97 Å². The van der Waals surface area contributed by atoms with E-state index >= 15 is 0 Å². The number of benzene rings is 2. The number of rotatable bonds is 10. The van der Waals surface area contributed by atoms with Crippen LogP contribution in [0.3, 0.4) is 0 Å². The van der Waals surface area contributed by atoms with Crippen molar-refractivity contribution in [3.05, 3.63) is 77.1 Å². The Hall–Kier alpha value is -3.29. The minimum absolute atomic E-state index is 0.129. The van der Waals surface area contributed by atoms with Gasteiger partial charge in [0.15, 0.2) is 0 Å². The Bertz CT molecular complexity index is 1090. The summed E-state index contributed by atoms with van der Waals surface area (Å²) in [5, 5.41) is 6.28. The van der Waals surface area contributed by atoms with Gasteiger partial charge in [0.2, 0.25) is 5.95 Å². The average molecular weight is 474 g/mol. The first-order valence-electron chi connectivity index (χ1n) is 12.5. The van der Waals surface area contributed by atoms with Crippen LogP contribution in [0.1, 0.15) is 53.2 Å². The molecule has 2 heterocycles. The van der Waals surface area contributed by atoms with Gasteiger partial charge in [-0.15, -0.1) is 0 Å². The predicted octanol–water partition coefficient (Wildman–Crippen LogP) is 5.35. The Kier molecular flexibility index (Phi) is 8.81. The number of ether oxygens (including phenoxy) is 1. The van der Waals surface area contributed by atoms with E-state index in [1.54, 1.807) is 0 Å². The van der Waals surface area contributed by atoms with Crippen LogP contribution in [0.5, 0.6) is 0 Å². The van der Waals surface area contributed by atoms with E-state index in [1.165, 1.54) is 18.4 Å². The number of hydrogen-bond acceptors (Lipinski definition) is 6. The zero-order valence-electron chi connectivity index (χ0n) is 20.7. The molecule has 1 saturated heterocycles. The second-order valence-electron chi connectivity index (χ2n) is 9.07. The lowest BCUT2D eigenvalue weighted by Gasteiger charge is -2.26. The summed E-state index contributed by atoms with van der Waals surface area (Å²) < 4.78 is 5.43. The van der Waals surface area contributed by atoms with Gasteiger partial charge in [-0.2, -0.15) is 0 Å². The van der Waals surface area contributed by atoms with Crippen molar-refractivity contribution in [1.29, 1.82) is 0 Å². The molecule has 184 valence electrons. The Morgan fingerprint density at radius 1 is 1.00 bits per heavy atom. The van der Waals surface area contributed by atoms with E-state index in [9.17, 15) is 4.79 Å². The lowest BCUT2D eigenvalue weighted by Crippen LogP contribution is -2.35. The molecule has 1 aliphatic rings. The number of unbranched alkanes of at least 4 members (excludes halogenated alkanes) is 2. The standard InChI is InChI=1S/C28H35N5O2/c1-3-4-5-6-23-18-29-28(30-19-23)31-25-11-9-24(10-12-25)27(34)32-26-17-22(8-7-21(26)2)20-33-13-15-35-16-14-33/h7-12,17-19H,3-6,13-16,20H2,1-2H3,(H,32,34)(H,29,30,31). The van der Waals surface area contributed by atoms with Crippen molar-refractivity contribution in [3.63, 3.8) is 0 Å². The van der Waals surface area contributed by atoms with Gasteiger partial charge in [0, 0.05) is 49.0 Å². The van der Waals surface area contributed by atoms with Crippen molar-refractivity contribution in [2.45, 2.75) is 46.1 Å².